The fourth-order valence-electron chi connectivity index (χ4n) is 3.08. The Morgan fingerprint density at radius 1 is 0.857 bits per heavy atom. The second kappa shape index (κ2) is 7.80. The number of benzene rings is 3. The van der Waals surface area contributed by atoms with Gasteiger partial charge in [-0.1, -0.05) is 66.7 Å². The Labute approximate surface area is 163 Å². The SMILES string of the molecule is Cc1[nH]n(-c2ccccc2)c(=O)c1/C(=N\Nc1ccccc1)c1ccccc1. The molecule has 0 radical (unpaired) electrons. The topological polar surface area (TPSA) is 62.2 Å². The van der Waals surface area contributed by atoms with Gasteiger partial charge in [-0.15, -0.1) is 0 Å². The van der Waals surface area contributed by atoms with E-state index in [9.17, 15) is 4.79 Å². The summed E-state index contributed by atoms with van der Waals surface area (Å²) in [6.07, 6.45) is 0. The quantitative estimate of drug-likeness (QED) is 0.407. The molecule has 28 heavy (non-hydrogen) atoms. The lowest BCUT2D eigenvalue weighted by molar-refractivity contribution is 0.835. The zero-order valence-corrected chi connectivity index (χ0v) is 15.5. The molecular weight excluding hydrogens is 348 g/mol. The molecule has 0 unspecified atom stereocenters. The number of H-pyrrole nitrogens is 1. The third-order valence-corrected chi connectivity index (χ3v) is 4.44. The Balaban J connectivity index is 1.84. The first-order valence-electron chi connectivity index (χ1n) is 9.05. The van der Waals surface area contributed by atoms with Crippen molar-refractivity contribution in [1.82, 2.24) is 9.78 Å². The molecule has 0 atom stereocenters. The van der Waals surface area contributed by atoms with Gasteiger partial charge in [-0.05, 0) is 31.2 Å². The van der Waals surface area contributed by atoms with Crippen molar-refractivity contribution in [3.63, 3.8) is 0 Å². The van der Waals surface area contributed by atoms with Crippen LogP contribution in [-0.4, -0.2) is 15.5 Å². The van der Waals surface area contributed by atoms with Crippen LogP contribution in [0, 0.1) is 6.92 Å². The van der Waals surface area contributed by atoms with E-state index >= 15 is 0 Å². The summed E-state index contributed by atoms with van der Waals surface area (Å²) in [5.41, 5.74) is 7.33. The number of aromatic amines is 1. The first-order valence-corrected chi connectivity index (χ1v) is 9.05. The fraction of sp³-hybridized carbons (Fsp3) is 0.0435. The predicted molar refractivity (Wildman–Crippen MR) is 113 cm³/mol. The number of rotatable bonds is 5. The van der Waals surface area contributed by atoms with E-state index in [2.05, 4.69) is 15.6 Å². The van der Waals surface area contributed by atoms with E-state index in [1.54, 1.807) is 4.68 Å². The molecule has 4 rings (SSSR count). The summed E-state index contributed by atoms with van der Waals surface area (Å²) in [6.45, 7) is 1.89. The number of anilines is 1. The Morgan fingerprint density at radius 2 is 1.43 bits per heavy atom. The van der Waals surface area contributed by atoms with Gasteiger partial charge >= 0.3 is 0 Å². The summed E-state index contributed by atoms with van der Waals surface area (Å²) in [7, 11) is 0. The van der Waals surface area contributed by atoms with Crippen molar-refractivity contribution in [1.29, 1.82) is 0 Å². The van der Waals surface area contributed by atoms with E-state index in [0.717, 1.165) is 22.6 Å². The van der Waals surface area contributed by atoms with Crippen molar-refractivity contribution in [2.45, 2.75) is 6.92 Å². The van der Waals surface area contributed by atoms with E-state index in [1.165, 1.54) is 0 Å². The molecule has 0 aliphatic carbocycles. The van der Waals surface area contributed by atoms with Crippen molar-refractivity contribution in [2.75, 3.05) is 5.43 Å². The molecule has 0 fully saturated rings. The lowest BCUT2D eigenvalue weighted by Crippen LogP contribution is -2.22. The summed E-state index contributed by atoms with van der Waals surface area (Å²) in [5.74, 6) is 0. The maximum absolute atomic E-state index is 13.2. The summed E-state index contributed by atoms with van der Waals surface area (Å²) in [5, 5.41) is 7.77. The van der Waals surface area contributed by atoms with Crippen molar-refractivity contribution in [3.05, 3.63) is 118 Å². The van der Waals surface area contributed by atoms with E-state index in [-0.39, 0.29) is 5.56 Å². The minimum absolute atomic E-state index is 0.138. The van der Waals surface area contributed by atoms with Crippen LogP contribution in [0.1, 0.15) is 16.8 Å². The van der Waals surface area contributed by atoms with Crippen molar-refractivity contribution in [2.24, 2.45) is 5.10 Å². The van der Waals surface area contributed by atoms with Gasteiger partial charge in [0, 0.05) is 11.3 Å². The minimum atomic E-state index is -0.138. The second-order valence-electron chi connectivity index (χ2n) is 6.39. The summed E-state index contributed by atoms with van der Waals surface area (Å²) in [6, 6.07) is 28.9. The number of hydrogen-bond acceptors (Lipinski definition) is 3. The molecule has 0 aliphatic heterocycles. The zero-order valence-electron chi connectivity index (χ0n) is 15.5. The number of aromatic nitrogens is 2. The molecule has 0 aliphatic rings. The van der Waals surface area contributed by atoms with Crippen LogP contribution in [0.15, 0.2) is 101 Å². The summed E-state index contributed by atoms with van der Waals surface area (Å²) >= 11 is 0. The number of aryl methyl sites for hydroxylation is 1. The van der Waals surface area contributed by atoms with Crippen LogP contribution >= 0.6 is 0 Å². The molecule has 1 aromatic heterocycles. The number of nitrogens with zero attached hydrogens (tertiary/aromatic N) is 2. The van der Waals surface area contributed by atoms with Crippen LogP contribution in [0.2, 0.25) is 0 Å². The van der Waals surface area contributed by atoms with Crippen molar-refractivity contribution >= 4 is 11.4 Å². The molecule has 0 saturated heterocycles. The van der Waals surface area contributed by atoms with Crippen LogP contribution in [-0.2, 0) is 0 Å². The lowest BCUT2D eigenvalue weighted by Gasteiger charge is -2.07. The third-order valence-electron chi connectivity index (χ3n) is 4.44. The highest BCUT2D eigenvalue weighted by Gasteiger charge is 2.19. The highest BCUT2D eigenvalue weighted by molar-refractivity contribution is 6.13. The first-order chi connectivity index (χ1) is 13.7. The van der Waals surface area contributed by atoms with E-state index in [0.29, 0.717) is 11.3 Å². The first kappa shape index (κ1) is 17.5. The molecule has 1 heterocycles. The Morgan fingerprint density at radius 3 is 2.07 bits per heavy atom. The molecule has 3 aromatic carbocycles. The predicted octanol–water partition coefficient (Wildman–Crippen LogP) is 4.34. The van der Waals surface area contributed by atoms with Gasteiger partial charge in [-0.2, -0.15) is 5.10 Å². The monoisotopic (exact) mass is 368 g/mol. The molecule has 5 heteroatoms. The normalized spacial score (nSPS) is 11.4. The molecule has 0 amide bonds. The van der Waals surface area contributed by atoms with Gasteiger partial charge in [0.05, 0.1) is 16.9 Å². The maximum atomic E-state index is 13.2. The van der Waals surface area contributed by atoms with Crippen molar-refractivity contribution in [3.8, 4) is 5.69 Å². The Hall–Kier alpha value is -3.86. The molecule has 138 valence electrons. The van der Waals surface area contributed by atoms with Gasteiger partial charge in [-0.3, -0.25) is 15.3 Å². The molecule has 2 N–H and O–H groups in total. The van der Waals surface area contributed by atoms with Crippen LogP contribution in [0.5, 0.6) is 0 Å². The lowest BCUT2D eigenvalue weighted by atomic mass is 10.0. The largest absolute Gasteiger partial charge is 0.295 e. The number of nitrogens with one attached hydrogen (secondary N) is 2. The molecule has 4 aromatic rings. The summed E-state index contributed by atoms with van der Waals surface area (Å²) in [4.78, 5) is 13.2. The van der Waals surface area contributed by atoms with Gasteiger partial charge in [0.1, 0.15) is 5.71 Å². The van der Waals surface area contributed by atoms with E-state index in [4.69, 9.17) is 0 Å². The second-order valence-corrected chi connectivity index (χ2v) is 6.39. The molecule has 0 spiro atoms. The van der Waals surface area contributed by atoms with Gasteiger partial charge in [0.2, 0.25) is 0 Å². The third kappa shape index (κ3) is 3.50. The highest BCUT2D eigenvalue weighted by Crippen LogP contribution is 2.14. The average molecular weight is 368 g/mol. The van der Waals surface area contributed by atoms with Gasteiger partial charge in [-0.25, -0.2) is 4.68 Å². The number of hydrazone groups is 1. The highest BCUT2D eigenvalue weighted by atomic mass is 16.1. The van der Waals surface area contributed by atoms with Gasteiger partial charge in [0.15, 0.2) is 0 Å². The van der Waals surface area contributed by atoms with Gasteiger partial charge in [0.25, 0.3) is 5.56 Å². The van der Waals surface area contributed by atoms with Crippen LogP contribution in [0.25, 0.3) is 5.69 Å². The standard InChI is InChI=1S/C23H20N4O/c1-17-21(23(28)27(26-17)20-15-9-4-10-16-20)22(18-11-5-2-6-12-18)25-24-19-13-7-3-8-14-19/h2-16,24,26H,1H3/b25-22-. The maximum Gasteiger partial charge on any atom is 0.281 e. The minimum Gasteiger partial charge on any atom is -0.295 e. The Bertz CT molecular complexity index is 1140. The average Bonchev–Trinajstić information content (AvgIpc) is 3.05. The van der Waals surface area contributed by atoms with E-state index < -0.39 is 0 Å². The Kier molecular flexibility index (Phi) is 4.89. The van der Waals surface area contributed by atoms with Crippen LogP contribution in [0.4, 0.5) is 5.69 Å². The summed E-state index contributed by atoms with van der Waals surface area (Å²) < 4.78 is 1.55. The zero-order chi connectivity index (χ0) is 19.3. The van der Waals surface area contributed by atoms with E-state index in [1.807, 2.05) is 97.9 Å². The van der Waals surface area contributed by atoms with Crippen LogP contribution in [0.3, 0.4) is 0 Å². The molecule has 0 saturated carbocycles. The van der Waals surface area contributed by atoms with Gasteiger partial charge < -0.3 is 0 Å². The number of para-hydroxylation sites is 2. The molecular formula is C23H20N4O. The smallest absolute Gasteiger partial charge is 0.281 e. The van der Waals surface area contributed by atoms with Crippen molar-refractivity contribution < 1.29 is 0 Å². The number of hydrogen-bond donors (Lipinski definition) is 2. The molecule has 5 nitrogen and oxygen atoms in total. The molecule has 0 bridgehead atoms. The van der Waals surface area contributed by atoms with Crippen LogP contribution < -0.4 is 11.0 Å². The fourth-order valence-corrected chi connectivity index (χ4v) is 3.08.